The Morgan fingerprint density at radius 2 is 1.72 bits per heavy atom. The fourth-order valence-electron chi connectivity index (χ4n) is 2.71. The van der Waals surface area contributed by atoms with Crippen molar-refractivity contribution in [2.24, 2.45) is 0 Å². The Morgan fingerprint density at radius 3 is 2.34 bits per heavy atom. The molecule has 0 saturated carbocycles. The molecule has 0 atom stereocenters. The van der Waals surface area contributed by atoms with Gasteiger partial charge in [0.1, 0.15) is 0 Å². The van der Waals surface area contributed by atoms with Gasteiger partial charge in [0.2, 0.25) is 11.8 Å². The first-order valence-corrected chi connectivity index (χ1v) is 11.2. The van der Waals surface area contributed by atoms with Crippen LogP contribution in [0.3, 0.4) is 0 Å². The Balaban J connectivity index is 1.68. The highest BCUT2D eigenvalue weighted by atomic mass is 79.9. The van der Waals surface area contributed by atoms with E-state index in [-0.39, 0.29) is 29.4 Å². The van der Waals surface area contributed by atoms with Crippen LogP contribution in [0.25, 0.3) is 0 Å². The fraction of sp³-hybridized carbons (Fsp3) is 0.474. The van der Waals surface area contributed by atoms with Crippen molar-refractivity contribution < 1.29 is 19.2 Å². The van der Waals surface area contributed by atoms with Crippen LogP contribution in [0.5, 0.6) is 0 Å². The summed E-state index contributed by atoms with van der Waals surface area (Å²) in [5.41, 5.74) is 0.693. The quantitative estimate of drug-likeness (QED) is 0.593. The molecule has 2 rings (SSSR count). The van der Waals surface area contributed by atoms with Crippen LogP contribution >= 0.6 is 27.7 Å². The zero-order chi connectivity index (χ0) is 21.4. The number of piperazine rings is 1. The normalized spacial score (nSPS) is 13.9. The zero-order valence-electron chi connectivity index (χ0n) is 16.4. The van der Waals surface area contributed by atoms with Crippen LogP contribution in [0, 0.1) is 0 Å². The van der Waals surface area contributed by atoms with Crippen molar-refractivity contribution in [3.8, 4) is 0 Å². The van der Waals surface area contributed by atoms with Crippen LogP contribution in [0.4, 0.5) is 5.69 Å². The van der Waals surface area contributed by atoms with Crippen LogP contribution < -0.4 is 10.6 Å². The maximum atomic E-state index is 12.3. The van der Waals surface area contributed by atoms with E-state index >= 15 is 0 Å². The standard InChI is InChI=1S/C19H25BrN4O4S/c1-13(2)21-18(27)19(28)24-8-6-23(7-9-24)17(26)12-29-11-16(25)22-15-5-3-4-14(20)10-15/h3-5,10,13H,6-9,11-12H2,1-2H3,(H,21,27)(H,22,25). The van der Waals surface area contributed by atoms with Gasteiger partial charge in [-0.15, -0.1) is 11.8 Å². The summed E-state index contributed by atoms with van der Waals surface area (Å²) in [6, 6.07) is 7.18. The van der Waals surface area contributed by atoms with Gasteiger partial charge >= 0.3 is 11.8 Å². The van der Waals surface area contributed by atoms with Crippen molar-refractivity contribution in [1.82, 2.24) is 15.1 Å². The molecule has 0 spiro atoms. The average Bonchev–Trinajstić information content (AvgIpc) is 2.67. The summed E-state index contributed by atoms with van der Waals surface area (Å²) in [5, 5.41) is 5.36. The predicted molar refractivity (Wildman–Crippen MR) is 117 cm³/mol. The summed E-state index contributed by atoms with van der Waals surface area (Å²) in [7, 11) is 0. The molecule has 0 aliphatic carbocycles. The maximum absolute atomic E-state index is 12.3. The summed E-state index contributed by atoms with van der Waals surface area (Å²) in [5.74, 6) is -1.08. The number of rotatable bonds is 6. The molecule has 1 fully saturated rings. The molecule has 1 aromatic rings. The first-order valence-electron chi connectivity index (χ1n) is 9.27. The maximum Gasteiger partial charge on any atom is 0.312 e. The third-order valence-corrected chi connectivity index (χ3v) is 5.51. The largest absolute Gasteiger partial charge is 0.346 e. The highest BCUT2D eigenvalue weighted by Crippen LogP contribution is 2.16. The molecule has 1 aromatic carbocycles. The number of carbonyl (C=O) groups is 4. The molecule has 0 radical (unpaired) electrons. The number of nitrogens with zero attached hydrogens (tertiary/aromatic N) is 2. The monoisotopic (exact) mass is 484 g/mol. The van der Waals surface area contributed by atoms with E-state index in [1.165, 1.54) is 16.7 Å². The lowest BCUT2D eigenvalue weighted by Gasteiger charge is -2.34. The van der Waals surface area contributed by atoms with Crippen LogP contribution in [0.2, 0.25) is 0 Å². The summed E-state index contributed by atoms with van der Waals surface area (Å²) >= 11 is 4.59. The fourth-order valence-corrected chi connectivity index (χ4v) is 3.83. The smallest absolute Gasteiger partial charge is 0.312 e. The number of hydrogen-bond donors (Lipinski definition) is 2. The van der Waals surface area contributed by atoms with Gasteiger partial charge < -0.3 is 20.4 Å². The minimum Gasteiger partial charge on any atom is -0.346 e. The van der Waals surface area contributed by atoms with Gasteiger partial charge in [-0.3, -0.25) is 19.2 Å². The average molecular weight is 485 g/mol. The van der Waals surface area contributed by atoms with Gasteiger partial charge in [-0.2, -0.15) is 0 Å². The predicted octanol–water partition coefficient (Wildman–Crippen LogP) is 1.32. The molecule has 1 saturated heterocycles. The summed E-state index contributed by atoms with van der Waals surface area (Å²) in [6.07, 6.45) is 0. The molecule has 0 aromatic heterocycles. The number of hydrogen-bond acceptors (Lipinski definition) is 5. The van der Waals surface area contributed by atoms with E-state index in [2.05, 4.69) is 26.6 Å². The number of carbonyl (C=O) groups excluding carboxylic acids is 4. The van der Waals surface area contributed by atoms with Crippen molar-refractivity contribution in [1.29, 1.82) is 0 Å². The second kappa shape index (κ2) is 11.2. The summed E-state index contributed by atoms with van der Waals surface area (Å²) in [4.78, 5) is 51.3. The van der Waals surface area contributed by atoms with Gasteiger partial charge in [-0.1, -0.05) is 22.0 Å². The zero-order valence-corrected chi connectivity index (χ0v) is 18.8. The lowest BCUT2D eigenvalue weighted by atomic mass is 10.3. The number of thioether (sulfide) groups is 1. The van der Waals surface area contributed by atoms with E-state index in [0.717, 1.165) is 4.47 Å². The topological polar surface area (TPSA) is 98.8 Å². The van der Waals surface area contributed by atoms with Gasteiger partial charge in [-0.05, 0) is 32.0 Å². The first-order chi connectivity index (χ1) is 13.8. The van der Waals surface area contributed by atoms with E-state index in [4.69, 9.17) is 0 Å². The van der Waals surface area contributed by atoms with Crippen LogP contribution in [-0.2, 0) is 19.2 Å². The molecule has 1 aliphatic heterocycles. The Bertz CT molecular complexity index is 766. The lowest BCUT2D eigenvalue weighted by Crippen LogP contribution is -2.54. The van der Waals surface area contributed by atoms with E-state index in [1.54, 1.807) is 30.9 Å². The number of nitrogens with one attached hydrogen (secondary N) is 2. The summed E-state index contributed by atoms with van der Waals surface area (Å²) < 4.78 is 0.873. The molecule has 29 heavy (non-hydrogen) atoms. The number of benzene rings is 1. The van der Waals surface area contributed by atoms with Gasteiger partial charge in [0.05, 0.1) is 11.5 Å². The number of halogens is 1. The van der Waals surface area contributed by atoms with Crippen molar-refractivity contribution in [3.63, 3.8) is 0 Å². The minimum atomic E-state index is -0.619. The van der Waals surface area contributed by atoms with Gasteiger partial charge in [0.15, 0.2) is 0 Å². The van der Waals surface area contributed by atoms with Crippen LogP contribution in [0.1, 0.15) is 13.8 Å². The van der Waals surface area contributed by atoms with Gasteiger partial charge in [0, 0.05) is 42.4 Å². The van der Waals surface area contributed by atoms with Gasteiger partial charge in [-0.25, -0.2) is 0 Å². The van der Waals surface area contributed by atoms with Crippen molar-refractivity contribution in [3.05, 3.63) is 28.7 Å². The molecule has 1 aliphatic rings. The second-order valence-electron chi connectivity index (χ2n) is 6.85. The van der Waals surface area contributed by atoms with Crippen molar-refractivity contribution >= 4 is 57.0 Å². The Labute approximate surface area is 182 Å². The molecule has 1 heterocycles. The van der Waals surface area contributed by atoms with Crippen molar-refractivity contribution in [2.45, 2.75) is 19.9 Å². The number of anilines is 1. The first kappa shape index (κ1) is 23.2. The minimum absolute atomic E-state index is 0.0796. The van der Waals surface area contributed by atoms with Gasteiger partial charge in [0.25, 0.3) is 0 Å². The highest BCUT2D eigenvalue weighted by Gasteiger charge is 2.28. The molecular weight excluding hydrogens is 460 g/mol. The Kier molecular flexibility index (Phi) is 8.97. The third kappa shape index (κ3) is 7.69. The molecule has 4 amide bonds. The third-order valence-electron chi connectivity index (χ3n) is 4.10. The molecular formula is C19H25BrN4O4S. The lowest BCUT2D eigenvalue weighted by molar-refractivity contribution is -0.148. The number of amides is 4. The van der Waals surface area contributed by atoms with E-state index in [1.807, 2.05) is 12.1 Å². The second-order valence-corrected chi connectivity index (χ2v) is 8.75. The van der Waals surface area contributed by atoms with Crippen LogP contribution in [0.15, 0.2) is 28.7 Å². The van der Waals surface area contributed by atoms with Crippen molar-refractivity contribution in [2.75, 3.05) is 43.0 Å². The molecule has 2 N–H and O–H groups in total. The molecule has 10 heteroatoms. The molecule has 158 valence electrons. The SMILES string of the molecule is CC(C)NC(=O)C(=O)N1CCN(C(=O)CSCC(=O)Nc2cccc(Br)c2)CC1. The van der Waals surface area contributed by atoms with E-state index in [0.29, 0.717) is 31.9 Å². The summed E-state index contributed by atoms with van der Waals surface area (Å²) in [6.45, 7) is 4.99. The highest BCUT2D eigenvalue weighted by molar-refractivity contribution is 9.10. The Hall–Kier alpha value is -2.07. The molecule has 8 nitrogen and oxygen atoms in total. The molecule has 0 unspecified atom stereocenters. The Morgan fingerprint density at radius 1 is 1.07 bits per heavy atom. The van der Waals surface area contributed by atoms with E-state index in [9.17, 15) is 19.2 Å². The van der Waals surface area contributed by atoms with E-state index < -0.39 is 11.8 Å². The molecule has 0 bridgehead atoms. The van der Waals surface area contributed by atoms with Crippen LogP contribution in [-0.4, -0.2) is 77.2 Å².